The highest BCUT2D eigenvalue weighted by Gasteiger charge is 2.15. The first kappa shape index (κ1) is 27.5. The summed E-state index contributed by atoms with van der Waals surface area (Å²) in [5, 5.41) is 26.1. The molecule has 0 aliphatic carbocycles. The topological polar surface area (TPSA) is 119 Å². The molecule has 0 radical (unpaired) electrons. The molecule has 0 bridgehead atoms. The third kappa shape index (κ3) is 5.36. The van der Waals surface area contributed by atoms with E-state index in [2.05, 4.69) is 74.4 Å². The zero-order valence-corrected chi connectivity index (χ0v) is 23.8. The number of carboxylic acids is 2. The van der Waals surface area contributed by atoms with Crippen LogP contribution < -0.4 is 0 Å². The third-order valence-corrected chi connectivity index (χ3v) is 7.71. The van der Waals surface area contributed by atoms with Gasteiger partial charge >= 0.3 is 11.9 Å². The number of aromatic carboxylic acids is 2. The van der Waals surface area contributed by atoms with Gasteiger partial charge in [-0.2, -0.15) is 6.20 Å². The molecular formula is C37H25N4O4-. The van der Waals surface area contributed by atoms with Crippen LogP contribution in [0.2, 0.25) is 0 Å². The van der Waals surface area contributed by atoms with Crippen molar-refractivity contribution in [2.45, 2.75) is 6.04 Å². The first-order valence-corrected chi connectivity index (χ1v) is 14.2. The summed E-state index contributed by atoms with van der Waals surface area (Å²) in [6.45, 7) is 0. The van der Waals surface area contributed by atoms with Crippen molar-refractivity contribution in [1.82, 2.24) is 14.5 Å². The molecule has 0 saturated heterocycles. The van der Waals surface area contributed by atoms with Crippen molar-refractivity contribution in [2.75, 3.05) is 0 Å². The Bertz CT molecular complexity index is 2210. The van der Waals surface area contributed by atoms with Crippen LogP contribution in [0, 0.1) is 0 Å². The zero-order valence-electron chi connectivity index (χ0n) is 23.8. The predicted molar refractivity (Wildman–Crippen MR) is 175 cm³/mol. The highest BCUT2D eigenvalue weighted by atomic mass is 16.4. The minimum atomic E-state index is -1.13. The van der Waals surface area contributed by atoms with Gasteiger partial charge in [-0.05, 0) is 59.7 Å². The first-order valence-electron chi connectivity index (χ1n) is 14.2. The standard InChI is InChI=1S/C37H25N4O4/c42-36(43)25-15-17-39-31(20-25)33-22-26(37(44)45)21-32(40-33)30-18-24(14-16-38-30)11-10-23-12-13-29-28-8-4-5-9-34(28)41(35(29)19-23)27-6-2-1-3-7-27/h1-22,30H,(H,42,43)(H,44,45)/q-1/b11-10+. The number of hydrogen-bond donors (Lipinski definition) is 2. The van der Waals surface area contributed by atoms with Crippen LogP contribution in [0.4, 0.5) is 0 Å². The van der Waals surface area contributed by atoms with Crippen molar-refractivity contribution in [3.8, 4) is 17.1 Å². The Hall–Kier alpha value is -6.28. The van der Waals surface area contributed by atoms with Crippen molar-refractivity contribution >= 4 is 39.8 Å². The Morgan fingerprint density at radius 1 is 0.756 bits per heavy atom. The minimum absolute atomic E-state index is 0.00915. The van der Waals surface area contributed by atoms with Crippen molar-refractivity contribution in [3.05, 3.63) is 161 Å². The summed E-state index contributed by atoms with van der Waals surface area (Å²) >= 11 is 0. The summed E-state index contributed by atoms with van der Waals surface area (Å²) in [6, 6.07) is 30.2. The molecule has 1 aliphatic heterocycles. The lowest BCUT2D eigenvalue weighted by Crippen LogP contribution is -2.06. The number of carbonyl (C=O) groups is 2. The number of para-hydroxylation sites is 2. The Labute approximate surface area is 257 Å². The molecule has 1 atom stereocenters. The summed E-state index contributed by atoms with van der Waals surface area (Å²) in [5.74, 6) is -2.24. The lowest BCUT2D eigenvalue weighted by atomic mass is 10.0. The Morgan fingerprint density at radius 2 is 1.51 bits per heavy atom. The van der Waals surface area contributed by atoms with Gasteiger partial charge in [0.1, 0.15) is 0 Å². The summed E-state index contributed by atoms with van der Waals surface area (Å²) in [4.78, 5) is 32.3. The normalized spacial score (nSPS) is 14.5. The molecular weight excluding hydrogens is 564 g/mol. The maximum atomic E-state index is 12.0. The van der Waals surface area contributed by atoms with Gasteiger partial charge in [0, 0.05) is 28.4 Å². The van der Waals surface area contributed by atoms with E-state index in [-0.39, 0.29) is 22.5 Å². The Morgan fingerprint density at radius 3 is 2.33 bits per heavy atom. The predicted octanol–water partition coefficient (Wildman–Crippen LogP) is 8.22. The van der Waals surface area contributed by atoms with Gasteiger partial charge in [0.2, 0.25) is 0 Å². The first-order chi connectivity index (χ1) is 21.9. The van der Waals surface area contributed by atoms with Crippen molar-refractivity contribution in [1.29, 1.82) is 0 Å². The molecule has 7 rings (SSSR count). The fourth-order valence-corrected chi connectivity index (χ4v) is 5.58. The number of carboxylic acid groups (broad SMARTS) is 2. The number of allylic oxidation sites excluding steroid dienone is 3. The molecule has 2 N–H and O–H groups in total. The van der Waals surface area contributed by atoms with Gasteiger partial charge in [-0.25, -0.2) is 9.59 Å². The molecule has 3 aromatic carbocycles. The highest BCUT2D eigenvalue weighted by molar-refractivity contribution is 6.09. The number of benzene rings is 3. The second kappa shape index (κ2) is 11.4. The molecule has 3 aromatic heterocycles. The Kier molecular flexibility index (Phi) is 6.99. The van der Waals surface area contributed by atoms with E-state index in [4.69, 9.17) is 0 Å². The van der Waals surface area contributed by atoms with Crippen molar-refractivity contribution in [2.24, 2.45) is 0 Å². The number of rotatable bonds is 7. The SMILES string of the molecule is O=C(O)c1ccnc(-c2cc(C(=O)O)cc(C3C=C(/C=C/c4ccc5c6ccccc6n(-c6ccccc6)c5c4)C=C[N-]3)n2)c1. The van der Waals surface area contributed by atoms with Crippen LogP contribution in [0.5, 0.6) is 0 Å². The average Bonchev–Trinajstić information content (AvgIpc) is 3.41. The zero-order chi connectivity index (χ0) is 30.9. The summed E-state index contributed by atoms with van der Waals surface area (Å²) in [7, 11) is 0. The van der Waals surface area contributed by atoms with Gasteiger partial charge in [-0.15, -0.1) is 0 Å². The summed E-state index contributed by atoms with van der Waals surface area (Å²) < 4.78 is 2.27. The number of nitrogens with zero attached hydrogens (tertiary/aromatic N) is 4. The maximum Gasteiger partial charge on any atom is 0.335 e. The molecule has 0 amide bonds. The number of pyridine rings is 2. The van der Waals surface area contributed by atoms with Crippen LogP contribution in [-0.4, -0.2) is 36.7 Å². The maximum absolute atomic E-state index is 12.0. The van der Waals surface area contributed by atoms with Gasteiger partial charge < -0.3 is 20.1 Å². The van der Waals surface area contributed by atoms with Crippen LogP contribution in [0.15, 0.2) is 133 Å². The molecule has 45 heavy (non-hydrogen) atoms. The van der Waals surface area contributed by atoms with E-state index in [0.717, 1.165) is 27.9 Å². The second-order valence-electron chi connectivity index (χ2n) is 10.6. The van der Waals surface area contributed by atoms with Gasteiger partial charge in [0.05, 0.1) is 33.5 Å². The molecule has 0 saturated carbocycles. The molecule has 8 heteroatoms. The van der Waals surface area contributed by atoms with E-state index in [9.17, 15) is 19.8 Å². The van der Waals surface area contributed by atoms with Gasteiger partial charge in [0.15, 0.2) is 0 Å². The molecule has 0 spiro atoms. The molecule has 0 fully saturated rings. The van der Waals surface area contributed by atoms with E-state index in [1.54, 1.807) is 6.20 Å². The van der Waals surface area contributed by atoms with Crippen molar-refractivity contribution < 1.29 is 19.8 Å². The van der Waals surface area contributed by atoms with Gasteiger partial charge in [-0.1, -0.05) is 78.9 Å². The third-order valence-electron chi connectivity index (χ3n) is 7.71. The van der Waals surface area contributed by atoms with E-state index >= 15 is 0 Å². The van der Waals surface area contributed by atoms with E-state index in [1.807, 2.05) is 42.5 Å². The summed E-state index contributed by atoms with van der Waals surface area (Å²) in [6.07, 6.45) is 10.9. The highest BCUT2D eigenvalue weighted by Crippen LogP contribution is 2.34. The lowest BCUT2D eigenvalue weighted by Gasteiger charge is -2.30. The molecule has 4 heterocycles. The number of aromatic nitrogens is 3. The van der Waals surface area contributed by atoms with Crippen LogP contribution in [0.25, 0.3) is 50.3 Å². The fourth-order valence-electron chi connectivity index (χ4n) is 5.58. The summed E-state index contributed by atoms with van der Waals surface area (Å²) in [5.41, 5.74) is 6.21. The average molecular weight is 590 g/mol. The van der Waals surface area contributed by atoms with E-state index < -0.39 is 18.0 Å². The van der Waals surface area contributed by atoms with E-state index in [1.165, 1.54) is 41.2 Å². The van der Waals surface area contributed by atoms with Crippen LogP contribution in [0.1, 0.15) is 38.0 Å². The van der Waals surface area contributed by atoms with Gasteiger partial charge in [-0.3, -0.25) is 9.97 Å². The van der Waals surface area contributed by atoms with Crippen LogP contribution >= 0.6 is 0 Å². The number of fused-ring (bicyclic) bond motifs is 3. The molecule has 1 aliphatic rings. The van der Waals surface area contributed by atoms with Gasteiger partial charge in [0.25, 0.3) is 0 Å². The quantitative estimate of drug-likeness (QED) is 0.194. The van der Waals surface area contributed by atoms with Crippen molar-refractivity contribution in [3.63, 3.8) is 0 Å². The smallest absolute Gasteiger partial charge is 0.335 e. The fraction of sp³-hybridized carbons (Fsp3) is 0.0270. The molecule has 218 valence electrons. The monoisotopic (exact) mass is 589 g/mol. The lowest BCUT2D eigenvalue weighted by molar-refractivity contribution is 0.0685. The number of hydrogen-bond acceptors (Lipinski definition) is 4. The van der Waals surface area contributed by atoms with Crippen LogP contribution in [0.3, 0.4) is 0 Å². The second-order valence-corrected chi connectivity index (χ2v) is 10.6. The van der Waals surface area contributed by atoms with Crippen LogP contribution in [-0.2, 0) is 0 Å². The van der Waals surface area contributed by atoms with E-state index in [0.29, 0.717) is 5.69 Å². The largest absolute Gasteiger partial charge is 0.680 e. The molecule has 8 nitrogen and oxygen atoms in total. The molecule has 1 unspecified atom stereocenters. The Balaban J connectivity index is 1.23. The molecule has 6 aromatic rings. The minimum Gasteiger partial charge on any atom is -0.680 e.